The minimum absolute atomic E-state index is 0.161. The third kappa shape index (κ3) is 3.99. The molecule has 0 saturated carbocycles. The first-order chi connectivity index (χ1) is 9.90. The maximum atomic E-state index is 12.0. The van der Waals surface area contributed by atoms with Crippen molar-refractivity contribution in [2.75, 3.05) is 6.61 Å². The Balaban J connectivity index is 2.13. The number of terminal acetylenes is 1. The summed E-state index contributed by atoms with van der Waals surface area (Å²) in [5.41, 5.74) is 1.70. The SMILES string of the molecule is C#CCO[C@@H]1Cc2ccccc2[C@@H]1NC(=O)OC(C)(C)C. The Kier molecular flexibility index (Phi) is 4.54. The van der Waals surface area contributed by atoms with Crippen molar-refractivity contribution in [2.45, 2.75) is 44.9 Å². The van der Waals surface area contributed by atoms with Gasteiger partial charge in [0.2, 0.25) is 0 Å². The van der Waals surface area contributed by atoms with Crippen LogP contribution in [0.25, 0.3) is 0 Å². The fourth-order valence-electron chi connectivity index (χ4n) is 2.47. The number of benzene rings is 1. The number of carbonyl (C=O) groups is 1. The van der Waals surface area contributed by atoms with E-state index >= 15 is 0 Å². The molecule has 1 aliphatic rings. The van der Waals surface area contributed by atoms with Gasteiger partial charge in [-0.05, 0) is 31.9 Å². The highest BCUT2D eigenvalue weighted by Crippen LogP contribution is 2.33. The van der Waals surface area contributed by atoms with Crippen LogP contribution in [0.4, 0.5) is 4.79 Å². The molecule has 0 heterocycles. The van der Waals surface area contributed by atoms with Crippen molar-refractivity contribution in [1.82, 2.24) is 5.32 Å². The predicted octanol–water partition coefficient (Wildman–Crippen LogP) is 2.83. The van der Waals surface area contributed by atoms with Gasteiger partial charge in [-0.15, -0.1) is 6.42 Å². The van der Waals surface area contributed by atoms with Crippen molar-refractivity contribution in [3.63, 3.8) is 0 Å². The second kappa shape index (κ2) is 6.19. The number of nitrogens with one attached hydrogen (secondary N) is 1. The minimum atomic E-state index is -0.530. The molecule has 2 atom stereocenters. The lowest BCUT2D eigenvalue weighted by atomic mass is 10.1. The molecule has 0 bridgehead atoms. The molecule has 1 N–H and O–H groups in total. The molecule has 4 heteroatoms. The molecule has 112 valence electrons. The lowest BCUT2D eigenvalue weighted by Crippen LogP contribution is -2.39. The summed E-state index contributed by atoms with van der Waals surface area (Å²) in [5, 5.41) is 2.90. The third-order valence-electron chi connectivity index (χ3n) is 3.24. The second-order valence-corrected chi connectivity index (χ2v) is 6.08. The summed E-state index contributed by atoms with van der Waals surface area (Å²) in [6, 6.07) is 7.73. The molecular formula is C17H21NO3. The van der Waals surface area contributed by atoms with E-state index in [1.54, 1.807) is 0 Å². The Morgan fingerprint density at radius 3 is 2.81 bits per heavy atom. The zero-order chi connectivity index (χ0) is 15.5. The van der Waals surface area contributed by atoms with Gasteiger partial charge < -0.3 is 14.8 Å². The number of hydrogen-bond donors (Lipinski definition) is 1. The first-order valence-corrected chi connectivity index (χ1v) is 7.03. The van der Waals surface area contributed by atoms with Crippen LogP contribution in [0.5, 0.6) is 0 Å². The standard InChI is InChI=1S/C17H21NO3/c1-5-10-20-14-11-12-8-6-7-9-13(12)15(14)18-16(19)21-17(2,3)4/h1,6-9,14-15H,10-11H2,2-4H3,(H,18,19)/t14-,15+/m1/s1. The zero-order valence-corrected chi connectivity index (χ0v) is 12.7. The number of hydrogen-bond acceptors (Lipinski definition) is 3. The maximum Gasteiger partial charge on any atom is 0.408 e. The van der Waals surface area contributed by atoms with Crippen LogP contribution in [0.15, 0.2) is 24.3 Å². The van der Waals surface area contributed by atoms with Gasteiger partial charge in [-0.2, -0.15) is 0 Å². The van der Waals surface area contributed by atoms with E-state index < -0.39 is 11.7 Å². The molecule has 0 aliphatic heterocycles. The van der Waals surface area contributed by atoms with Crippen LogP contribution in [0, 0.1) is 12.3 Å². The molecule has 0 aromatic heterocycles. The molecular weight excluding hydrogens is 266 g/mol. The van der Waals surface area contributed by atoms with Crippen LogP contribution in [-0.4, -0.2) is 24.4 Å². The highest BCUT2D eigenvalue weighted by Gasteiger charge is 2.35. The largest absolute Gasteiger partial charge is 0.444 e. The molecule has 0 saturated heterocycles. The molecule has 0 radical (unpaired) electrons. The van der Waals surface area contributed by atoms with Gasteiger partial charge in [0.25, 0.3) is 0 Å². The highest BCUT2D eigenvalue weighted by molar-refractivity contribution is 5.69. The van der Waals surface area contributed by atoms with Crippen LogP contribution in [0.1, 0.15) is 37.9 Å². The zero-order valence-electron chi connectivity index (χ0n) is 12.7. The fraction of sp³-hybridized carbons (Fsp3) is 0.471. The van der Waals surface area contributed by atoms with Crippen molar-refractivity contribution in [1.29, 1.82) is 0 Å². The lowest BCUT2D eigenvalue weighted by Gasteiger charge is -2.25. The second-order valence-electron chi connectivity index (χ2n) is 6.08. The summed E-state index contributed by atoms with van der Waals surface area (Å²) in [4.78, 5) is 12.0. The summed E-state index contributed by atoms with van der Waals surface area (Å²) in [6.45, 7) is 5.73. The van der Waals surface area contributed by atoms with Gasteiger partial charge in [-0.1, -0.05) is 30.2 Å². The van der Waals surface area contributed by atoms with Crippen LogP contribution in [-0.2, 0) is 15.9 Å². The molecule has 1 aromatic rings. The number of carbonyl (C=O) groups excluding carboxylic acids is 1. The molecule has 1 aromatic carbocycles. The summed E-state index contributed by atoms with van der Waals surface area (Å²) in [6.07, 6.45) is 5.38. The Hall–Kier alpha value is -1.99. The first kappa shape index (κ1) is 15.4. The Labute approximate surface area is 125 Å². The quantitative estimate of drug-likeness (QED) is 0.870. The Morgan fingerprint density at radius 2 is 2.14 bits per heavy atom. The van der Waals surface area contributed by atoms with Gasteiger partial charge in [0.1, 0.15) is 12.2 Å². The summed E-state index contributed by atoms with van der Waals surface area (Å²) in [5.74, 6) is 2.47. The molecule has 21 heavy (non-hydrogen) atoms. The monoisotopic (exact) mass is 287 g/mol. The van der Waals surface area contributed by atoms with E-state index in [-0.39, 0.29) is 18.8 Å². The molecule has 4 nitrogen and oxygen atoms in total. The third-order valence-corrected chi connectivity index (χ3v) is 3.24. The van der Waals surface area contributed by atoms with Crippen molar-refractivity contribution in [3.8, 4) is 12.3 Å². The van der Waals surface area contributed by atoms with Crippen LogP contribution >= 0.6 is 0 Å². The summed E-state index contributed by atoms with van der Waals surface area (Å²) in [7, 11) is 0. The molecule has 1 aliphatic carbocycles. The average Bonchev–Trinajstić information content (AvgIpc) is 2.72. The normalized spacial score (nSPS) is 20.5. The molecule has 2 rings (SSSR count). The van der Waals surface area contributed by atoms with E-state index in [2.05, 4.69) is 11.2 Å². The lowest BCUT2D eigenvalue weighted by molar-refractivity contribution is 0.0304. The molecule has 0 fully saturated rings. The van der Waals surface area contributed by atoms with Gasteiger partial charge in [0, 0.05) is 6.42 Å². The molecule has 1 amide bonds. The van der Waals surface area contributed by atoms with Gasteiger partial charge >= 0.3 is 6.09 Å². The Bertz CT molecular complexity index is 554. The number of alkyl carbamates (subject to hydrolysis) is 1. The smallest absolute Gasteiger partial charge is 0.408 e. The van der Waals surface area contributed by atoms with Crippen molar-refractivity contribution >= 4 is 6.09 Å². The first-order valence-electron chi connectivity index (χ1n) is 7.03. The highest BCUT2D eigenvalue weighted by atomic mass is 16.6. The van der Waals surface area contributed by atoms with Crippen LogP contribution in [0.3, 0.4) is 0 Å². The van der Waals surface area contributed by atoms with Crippen LogP contribution < -0.4 is 5.32 Å². The maximum absolute atomic E-state index is 12.0. The number of fused-ring (bicyclic) bond motifs is 1. The van der Waals surface area contributed by atoms with Gasteiger partial charge in [0.15, 0.2) is 0 Å². The van der Waals surface area contributed by atoms with E-state index in [9.17, 15) is 4.79 Å². The molecule has 0 unspecified atom stereocenters. The van der Waals surface area contributed by atoms with Gasteiger partial charge in [0.05, 0.1) is 12.1 Å². The van der Waals surface area contributed by atoms with Crippen molar-refractivity contribution < 1.29 is 14.3 Å². The van der Waals surface area contributed by atoms with Crippen molar-refractivity contribution in [2.24, 2.45) is 0 Å². The number of ether oxygens (including phenoxy) is 2. The Morgan fingerprint density at radius 1 is 1.43 bits per heavy atom. The van der Waals surface area contributed by atoms with E-state index in [0.717, 1.165) is 12.0 Å². The average molecular weight is 287 g/mol. The van der Waals surface area contributed by atoms with E-state index in [1.165, 1.54) is 5.56 Å². The number of amides is 1. The predicted molar refractivity (Wildman–Crippen MR) is 80.8 cm³/mol. The summed E-state index contributed by atoms with van der Waals surface area (Å²) < 4.78 is 11.0. The molecule has 0 spiro atoms. The van der Waals surface area contributed by atoms with Gasteiger partial charge in [-0.3, -0.25) is 0 Å². The number of rotatable bonds is 3. The van der Waals surface area contributed by atoms with Crippen molar-refractivity contribution in [3.05, 3.63) is 35.4 Å². The van der Waals surface area contributed by atoms with E-state index in [0.29, 0.717) is 0 Å². The van der Waals surface area contributed by atoms with E-state index in [1.807, 2.05) is 45.0 Å². The van der Waals surface area contributed by atoms with Gasteiger partial charge in [-0.25, -0.2) is 4.79 Å². The van der Waals surface area contributed by atoms with Crippen LogP contribution in [0.2, 0.25) is 0 Å². The minimum Gasteiger partial charge on any atom is -0.444 e. The van der Waals surface area contributed by atoms with E-state index in [4.69, 9.17) is 15.9 Å². The summed E-state index contributed by atoms with van der Waals surface area (Å²) >= 11 is 0. The topological polar surface area (TPSA) is 47.6 Å². The fourth-order valence-corrected chi connectivity index (χ4v) is 2.47.